The van der Waals surface area contributed by atoms with Gasteiger partial charge in [0, 0.05) is 36.6 Å². The zero-order valence-electron chi connectivity index (χ0n) is 14.8. The molecule has 1 aliphatic heterocycles. The van der Waals surface area contributed by atoms with Crippen molar-refractivity contribution in [3.05, 3.63) is 77.9 Å². The van der Waals surface area contributed by atoms with E-state index in [0.717, 1.165) is 10.8 Å². The molecule has 1 heterocycles. The highest BCUT2D eigenvalue weighted by atomic mass is 32.1. The number of nitrogens with zero attached hydrogens (tertiary/aromatic N) is 2. The first-order valence-electron chi connectivity index (χ1n) is 8.99. The molecular weight excluding hydrogens is 356 g/mol. The number of benzene rings is 3. The molecule has 3 aromatic carbocycles. The highest BCUT2D eigenvalue weighted by Gasteiger charge is 2.26. The standard InChI is InChI=1S/C22H20N2O2S/c25-21(18-10-5-7-16-6-1-2-8-17(16)18)23-12-14-24(15-13-23)22(26)19-9-3-4-11-20(19)27/h1-11,27H,12-15H2. The second kappa shape index (κ2) is 7.45. The Morgan fingerprint density at radius 2 is 1.19 bits per heavy atom. The van der Waals surface area contributed by atoms with E-state index in [2.05, 4.69) is 12.6 Å². The maximum atomic E-state index is 13.0. The Labute approximate surface area is 163 Å². The lowest BCUT2D eigenvalue weighted by Gasteiger charge is -2.35. The maximum Gasteiger partial charge on any atom is 0.255 e. The molecule has 136 valence electrons. The largest absolute Gasteiger partial charge is 0.335 e. The number of hydrogen-bond donors (Lipinski definition) is 1. The van der Waals surface area contributed by atoms with E-state index >= 15 is 0 Å². The molecule has 0 aromatic heterocycles. The van der Waals surface area contributed by atoms with E-state index < -0.39 is 0 Å². The van der Waals surface area contributed by atoms with Crippen LogP contribution in [-0.2, 0) is 0 Å². The van der Waals surface area contributed by atoms with Gasteiger partial charge in [-0.25, -0.2) is 0 Å². The number of hydrogen-bond acceptors (Lipinski definition) is 3. The van der Waals surface area contributed by atoms with Crippen LogP contribution in [0.25, 0.3) is 10.8 Å². The zero-order valence-corrected chi connectivity index (χ0v) is 15.7. The van der Waals surface area contributed by atoms with E-state index in [-0.39, 0.29) is 11.8 Å². The van der Waals surface area contributed by atoms with E-state index in [1.807, 2.05) is 65.6 Å². The van der Waals surface area contributed by atoms with Crippen LogP contribution in [0.3, 0.4) is 0 Å². The van der Waals surface area contributed by atoms with Crippen molar-refractivity contribution >= 4 is 35.2 Å². The number of carbonyl (C=O) groups excluding carboxylic acids is 2. The monoisotopic (exact) mass is 376 g/mol. The molecule has 0 unspecified atom stereocenters. The van der Waals surface area contributed by atoms with Gasteiger partial charge >= 0.3 is 0 Å². The van der Waals surface area contributed by atoms with Crippen LogP contribution in [0.2, 0.25) is 0 Å². The van der Waals surface area contributed by atoms with Gasteiger partial charge in [0.1, 0.15) is 0 Å². The number of amides is 2. The van der Waals surface area contributed by atoms with Crippen LogP contribution < -0.4 is 0 Å². The van der Waals surface area contributed by atoms with Crippen LogP contribution in [0.1, 0.15) is 20.7 Å². The fraction of sp³-hybridized carbons (Fsp3) is 0.182. The summed E-state index contributed by atoms with van der Waals surface area (Å²) >= 11 is 4.38. The molecule has 4 nitrogen and oxygen atoms in total. The third-order valence-electron chi connectivity index (χ3n) is 5.01. The van der Waals surface area contributed by atoms with Gasteiger partial charge in [-0.3, -0.25) is 9.59 Å². The van der Waals surface area contributed by atoms with Gasteiger partial charge in [-0.05, 0) is 29.0 Å². The Kier molecular flexibility index (Phi) is 4.86. The average Bonchev–Trinajstić information content (AvgIpc) is 2.73. The Bertz CT molecular complexity index is 1000. The summed E-state index contributed by atoms with van der Waals surface area (Å²) in [6.45, 7) is 2.11. The smallest absolute Gasteiger partial charge is 0.255 e. The Morgan fingerprint density at radius 1 is 0.667 bits per heavy atom. The summed E-state index contributed by atoms with van der Waals surface area (Å²) in [5.41, 5.74) is 1.32. The summed E-state index contributed by atoms with van der Waals surface area (Å²) in [5.74, 6) is -0.00801. The van der Waals surface area contributed by atoms with Gasteiger partial charge in [-0.1, -0.05) is 48.5 Å². The van der Waals surface area contributed by atoms with Crippen molar-refractivity contribution in [2.75, 3.05) is 26.2 Å². The highest BCUT2D eigenvalue weighted by molar-refractivity contribution is 7.80. The zero-order chi connectivity index (χ0) is 18.8. The fourth-order valence-electron chi connectivity index (χ4n) is 3.52. The highest BCUT2D eigenvalue weighted by Crippen LogP contribution is 2.21. The second-order valence-corrected chi connectivity index (χ2v) is 7.11. The molecule has 27 heavy (non-hydrogen) atoms. The van der Waals surface area contributed by atoms with Gasteiger partial charge < -0.3 is 9.80 Å². The summed E-state index contributed by atoms with van der Waals surface area (Å²) in [6.07, 6.45) is 0. The first kappa shape index (κ1) is 17.6. The van der Waals surface area contributed by atoms with Gasteiger partial charge in [-0.2, -0.15) is 0 Å². The number of fused-ring (bicyclic) bond motifs is 1. The molecule has 4 rings (SSSR count). The predicted molar refractivity (Wildman–Crippen MR) is 109 cm³/mol. The summed E-state index contributed by atoms with van der Waals surface area (Å²) in [4.78, 5) is 30.0. The van der Waals surface area contributed by atoms with Crippen molar-refractivity contribution in [2.24, 2.45) is 0 Å². The molecule has 0 radical (unpaired) electrons. The molecule has 0 bridgehead atoms. The van der Waals surface area contributed by atoms with Crippen molar-refractivity contribution in [1.82, 2.24) is 9.80 Å². The first-order valence-corrected chi connectivity index (χ1v) is 9.44. The van der Waals surface area contributed by atoms with Crippen LogP contribution >= 0.6 is 12.6 Å². The summed E-state index contributed by atoms with van der Waals surface area (Å²) in [7, 11) is 0. The van der Waals surface area contributed by atoms with Crippen LogP contribution in [0.5, 0.6) is 0 Å². The molecule has 5 heteroatoms. The van der Waals surface area contributed by atoms with E-state index in [4.69, 9.17) is 0 Å². The SMILES string of the molecule is O=C(c1ccccc1S)N1CCN(C(=O)c2cccc3ccccc23)CC1. The van der Waals surface area contributed by atoms with E-state index in [1.54, 1.807) is 11.0 Å². The van der Waals surface area contributed by atoms with Crippen LogP contribution in [0.4, 0.5) is 0 Å². The Morgan fingerprint density at radius 3 is 1.89 bits per heavy atom. The third-order valence-corrected chi connectivity index (χ3v) is 5.40. The number of piperazine rings is 1. The van der Waals surface area contributed by atoms with Gasteiger partial charge in [0.2, 0.25) is 0 Å². The maximum absolute atomic E-state index is 13.0. The molecule has 1 saturated heterocycles. The van der Waals surface area contributed by atoms with Crippen LogP contribution in [0, 0.1) is 0 Å². The second-order valence-electron chi connectivity index (χ2n) is 6.63. The quantitative estimate of drug-likeness (QED) is 0.693. The van der Waals surface area contributed by atoms with Gasteiger partial charge in [0.15, 0.2) is 0 Å². The molecule has 1 aliphatic rings. The lowest BCUT2D eigenvalue weighted by atomic mass is 10.0. The molecular formula is C22H20N2O2S. The lowest BCUT2D eigenvalue weighted by Crippen LogP contribution is -2.50. The molecule has 2 amide bonds. The molecule has 0 N–H and O–H groups in total. The van der Waals surface area contributed by atoms with Crippen LogP contribution in [-0.4, -0.2) is 47.8 Å². The lowest BCUT2D eigenvalue weighted by molar-refractivity contribution is 0.0534. The minimum atomic E-state index is -0.0298. The first-order chi connectivity index (χ1) is 13.1. The average molecular weight is 376 g/mol. The van der Waals surface area contributed by atoms with Gasteiger partial charge in [0.05, 0.1) is 5.56 Å². The van der Waals surface area contributed by atoms with Crippen molar-refractivity contribution in [1.29, 1.82) is 0 Å². The Hall–Kier alpha value is -2.79. The van der Waals surface area contributed by atoms with Crippen molar-refractivity contribution in [3.63, 3.8) is 0 Å². The fourth-order valence-corrected chi connectivity index (χ4v) is 3.78. The summed E-state index contributed by atoms with van der Waals surface area (Å²) < 4.78 is 0. The molecule has 0 atom stereocenters. The minimum Gasteiger partial charge on any atom is -0.335 e. The van der Waals surface area contributed by atoms with E-state index in [0.29, 0.717) is 42.2 Å². The van der Waals surface area contributed by atoms with E-state index in [9.17, 15) is 9.59 Å². The van der Waals surface area contributed by atoms with E-state index in [1.165, 1.54) is 0 Å². The minimum absolute atomic E-state index is 0.0218. The predicted octanol–water partition coefficient (Wildman–Crippen LogP) is 3.73. The van der Waals surface area contributed by atoms with Gasteiger partial charge in [-0.15, -0.1) is 12.6 Å². The Balaban J connectivity index is 1.48. The van der Waals surface area contributed by atoms with Gasteiger partial charge in [0.25, 0.3) is 11.8 Å². The number of carbonyl (C=O) groups is 2. The van der Waals surface area contributed by atoms with Crippen molar-refractivity contribution in [2.45, 2.75) is 4.90 Å². The van der Waals surface area contributed by atoms with Crippen molar-refractivity contribution in [3.8, 4) is 0 Å². The summed E-state index contributed by atoms with van der Waals surface area (Å²) in [6, 6.07) is 21.0. The third kappa shape index (κ3) is 3.43. The summed E-state index contributed by atoms with van der Waals surface area (Å²) in [5, 5.41) is 2.02. The molecule has 0 aliphatic carbocycles. The number of thiol groups is 1. The molecule has 3 aromatic rings. The molecule has 0 saturated carbocycles. The molecule has 0 spiro atoms. The van der Waals surface area contributed by atoms with Crippen molar-refractivity contribution < 1.29 is 9.59 Å². The topological polar surface area (TPSA) is 40.6 Å². The number of rotatable bonds is 2. The van der Waals surface area contributed by atoms with Crippen LogP contribution in [0.15, 0.2) is 71.6 Å². The normalized spacial score (nSPS) is 14.4. The molecule has 1 fully saturated rings.